The Morgan fingerprint density at radius 3 is 2.32 bits per heavy atom. The minimum Gasteiger partial charge on any atom is -0.475 e. The van der Waals surface area contributed by atoms with E-state index in [1.165, 1.54) is 24.9 Å². The summed E-state index contributed by atoms with van der Waals surface area (Å²) in [6, 6.07) is 14.1. The quantitative estimate of drug-likeness (QED) is 0.215. The van der Waals surface area contributed by atoms with Crippen LogP contribution in [-0.4, -0.2) is 54.6 Å². The Balaban J connectivity index is 0.000000479. The minimum absolute atomic E-state index is 0.0948. The van der Waals surface area contributed by atoms with Gasteiger partial charge in [0.25, 0.3) is 0 Å². The molecule has 0 aliphatic heterocycles. The van der Waals surface area contributed by atoms with Gasteiger partial charge in [-0.1, -0.05) is 18.2 Å². The first-order chi connectivity index (χ1) is 17.3. The number of fused-ring (bicyclic) bond motifs is 1. The second-order valence-electron chi connectivity index (χ2n) is 6.99. The van der Waals surface area contributed by atoms with Crippen molar-refractivity contribution in [3.8, 4) is 5.69 Å². The average molecular weight is 637 g/mol. The van der Waals surface area contributed by atoms with Gasteiger partial charge in [0, 0.05) is 10.2 Å². The lowest BCUT2D eigenvalue weighted by Gasteiger charge is -2.08. The molecule has 1 N–H and O–H groups in total. The highest BCUT2D eigenvalue weighted by atomic mass is 79.9. The highest BCUT2D eigenvalue weighted by Crippen LogP contribution is 2.39. The first-order valence-electron chi connectivity index (χ1n) is 9.84. The average Bonchev–Trinajstić information content (AvgIpc) is 3.49. The maximum Gasteiger partial charge on any atom is 0.490 e. The molecule has 0 atom stereocenters. The molecular formula is C22H16BrF3N2O6S3. The third-order valence-electron chi connectivity index (χ3n) is 4.69. The van der Waals surface area contributed by atoms with E-state index in [9.17, 15) is 26.4 Å². The summed E-state index contributed by atoms with van der Waals surface area (Å²) >= 11 is 5.84. The highest BCUT2D eigenvalue weighted by Gasteiger charge is 2.38. The number of halogens is 4. The molecule has 15 heteroatoms. The Morgan fingerprint density at radius 1 is 1.16 bits per heavy atom. The van der Waals surface area contributed by atoms with E-state index in [2.05, 4.69) is 20.9 Å². The van der Waals surface area contributed by atoms with Crippen molar-refractivity contribution in [2.45, 2.75) is 20.2 Å². The molecule has 0 radical (unpaired) electrons. The van der Waals surface area contributed by atoms with E-state index < -0.39 is 28.0 Å². The van der Waals surface area contributed by atoms with Crippen LogP contribution in [0, 0.1) is 0 Å². The maximum atomic E-state index is 13.5. The fraction of sp³-hybridized carbons (Fsp3) is 0.136. The standard InChI is InChI=1S/C20H15BrN2O4S3.C2HF3O2/c1-27-19(24)16-10-17(20(28-2)29-16)30(25,26)13-8-14(21)18-15(9-13)23(11-22-18)12-6-4-3-5-7-12;3-2(4,5)1(6)7/h3-11H,1-2H3;(H,6,7). The molecule has 0 saturated carbocycles. The lowest BCUT2D eigenvalue weighted by molar-refractivity contribution is -0.192. The molecule has 8 nitrogen and oxygen atoms in total. The molecule has 0 fully saturated rings. The second-order valence-corrected chi connectivity index (χ2v) is 11.9. The molecular weight excluding hydrogens is 621 g/mol. The van der Waals surface area contributed by atoms with E-state index in [-0.39, 0.29) is 14.7 Å². The number of rotatable bonds is 5. The number of aromatic nitrogens is 2. The molecule has 0 spiro atoms. The summed E-state index contributed by atoms with van der Waals surface area (Å²) in [5.74, 6) is -3.32. The van der Waals surface area contributed by atoms with Crippen LogP contribution in [0.3, 0.4) is 0 Å². The van der Waals surface area contributed by atoms with Crippen molar-refractivity contribution >= 4 is 71.8 Å². The van der Waals surface area contributed by atoms with Crippen molar-refractivity contribution in [2.75, 3.05) is 13.4 Å². The minimum atomic E-state index is -5.08. The number of carbonyl (C=O) groups is 2. The Hall–Kier alpha value is -2.88. The molecule has 2 heterocycles. The van der Waals surface area contributed by atoms with Crippen LogP contribution in [0.5, 0.6) is 0 Å². The second kappa shape index (κ2) is 11.2. The normalized spacial score (nSPS) is 11.6. The summed E-state index contributed by atoms with van der Waals surface area (Å²) in [7, 11) is -2.61. The number of ether oxygens (including phenoxy) is 1. The Morgan fingerprint density at radius 2 is 1.78 bits per heavy atom. The first kappa shape index (κ1) is 28.7. The third kappa shape index (κ3) is 6.17. The number of sulfone groups is 1. The van der Waals surface area contributed by atoms with Crippen LogP contribution >= 0.6 is 39.0 Å². The SMILES string of the molecule is COC(=O)c1cc(S(=O)(=O)c2cc(Br)c3ncn(-c4ccccc4)c3c2)c(SC)s1.O=C(O)C(F)(F)F. The van der Waals surface area contributed by atoms with Crippen molar-refractivity contribution in [3.05, 3.63) is 64.2 Å². The maximum absolute atomic E-state index is 13.5. The number of benzene rings is 2. The van der Waals surface area contributed by atoms with Crippen molar-refractivity contribution in [3.63, 3.8) is 0 Å². The van der Waals surface area contributed by atoms with Gasteiger partial charge in [0.15, 0.2) is 0 Å². The largest absolute Gasteiger partial charge is 0.490 e. The van der Waals surface area contributed by atoms with Gasteiger partial charge in [-0.2, -0.15) is 13.2 Å². The van der Waals surface area contributed by atoms with Gasteiger partial charge < -0.3 is 9.84 Å². The van der Waals surface area contributed by atoms with Gasteiger partial charge >= 0.3 is 18.1 Å². The summed E-state index contributed by atoms with van der Waals surface area (Å²) in [4.78, 5) is 25.7. The molecule has 0 amide bonds. The summed E-state index contributed by atoms with van der Waals surface area (Å²) in [6.07, 6.45) is -1.65. The number of para-hydroxylation sites is 1. The first-order valence-corrected chi connectivity index (χ1v) is 14.2. The number of hydrogen-bond acceptors (Lipinski definition) is 8. The summed E-state index contributed by atoms with van der Waals surface area (Å²) in [5.41, 5.74) is 2.18. The molecule has 0 aliphatic rings. The van der Waals surface area contributed by atoms with Crippen molar-refractivity contribution in [1.29, 1.82) is 0 Å². The predicted molar refractivity (Wildman–Crippen MR) is 135 cm³/mol. The molecule has 37 heavy (non-hydrogen) atoms. The zero-order valence-corrected chi connectivity index (χ0v) is 22.9. The van der Waals surface area contributed by atoms with Gasteiger partial charge in [0.1, 0.15) is 16.7 Å². The van der Waals surface area contributed by atoms with E-state index in [0.29, 0.717) is 19.7 Å². The van der Waals surface area contributed by atoms with Crippen LogP contribution in [0.25, 0.3) is 16.7 Å². The molecule has 4 aromatic rings. The number of esters is 1. The Labute approximate surface area is 225 Å². The smallest absolute Gasteiger partial charge is 0.475 e. The van der Waals surface area contributed by atoms with Crippen LogP contribution in [0.1, 0.15) is 9.67 Å². The van der Waals surface area contributed by atoms with Gasteiger partial charge in [-0.25, -0.2) is 23.0 Å². The number of hydrogen-bond donors (Lipinski definition) is 1. The van der Waals surface area contributed by atoms with Crippen molar-refractivity contribution in [2.24, 2.45) is 0 Å². The number of methoxy groups -OCH3 is 1. The zero-order valence-electron chi connectivity index (χ0n) is 18.8. The summed E-state index contributed by atoms with van der Waals surface area (Å²) in [6.45, 7) is 0. The number of thioether (sulfide) groups is 1. The molecule has 2 aromatic carbocycles. The molecule has 0 bridgehead atoms. The number of nitrogens with zero attached hydrogens (tertiary/aromatic N) is 2. The van der Waals surface area contributed by atoms with E-state index in [0.717, 1.165) is 17.0 Å². The van der Waals surface area contributed by atoms with Crippen LogP contribution in [-0.2, 0) is 19.4 Å². The van der Waals surface area contributed by atoms with Crippen molar-refractivity contribution < 1.29 is 41.0 Å². The summed E-state index contributed by atoms with van der Waals surface area (Å²) in [5, 5.41) is 7.12. The predicted octanol–water partition coefficient (Wildman–Crippen LogP) is 5.82. The number of alkyl halides is 3. The fourth-order valence-electron chi connectivity index (χ4n) is 3.01. The molecule has 0 unspecified atom stereocenters. The van der Waals surface area contributed by atoms with E-state index in [1.54, 1.807) is 24.7 Å². The topological polar surface area (TPSA) is 116 Å². The van der Waals surface area contributed by atoms with Gasteiger partial charge in [-0.15, -0.1) is 23.1 Å². The number of imidazole rings is 1. The van der Waals surface area contributed by atoms with E-state index >= 15 is 0 Å². The van der Waals surface area contributed by atoms with Crippen LogP contribution < -0.4 is 0 Å². The Kier molecular flexibility index (Phi) is 8.72. The zero-order chi connectivity index (χ0) is 27.5. The van der Waals surface area contributed by atoms with Gasteiger partial charge in [-0.3, -0.25) is 4.57 Å². The molecule has 196 valence electrons. The van der Waals surface area contributed by atoms with Gasteiger partial charge in [0.2, 0.25) is 9.84 Å². The number of carboxylic acids is 1. The van der Waals surface area contributed by atoms with Crippen molar-refractivity contribution in [1.82, 2.24) is 9.55 Å². The number of thiophene rings is 1. The molecule has 4 rings (SSSR count). The molecule has 2 aromatic heterocycles. The van der Waals surface area contributed by atoms with E-state index in [4.69, 9.17) is 14.6 Å². The Bertz CT molecular complexity index is 1570. The highest BCUT2D eigenvalue weighted by molar-refractivity contribution is 9.10. The monoisotopic (exact) mass is 636 g/mol. The van der Waals surface area contributed by atoms with Gasteiger partial charge in [0.05, 0.1) is 26.6 Å². The lowest BCUT2D eigenvalue weighted by atomic mass is 10.3. The molecule has 0 saturated heterocycles. The van der Waals surface area contributed by atoms with Gasteiger partial charge in [-0.05, 0) is 52.5 Å². The third-order valence-corrected chi connectivity index (χ3v) is 9.56. The summed E-state index contributed by atoms with van der Waals surface area (Å²) < 4.78 is 66.4. The fourth-order valence-corrected chi connectivity index (χ4v) is 7.68. The van der Waals surface area contributed by atoms with E-state index in [1.807, 2.05) is 34.9 Å². The van der Waals surface area contributed by atoms with Crippen LogP contribution in [0.15, 0.2) is 73.3 Å². The molecule has 0 aliphatic carbocycles. The number of aliphatic carboxylic acids is 1. The van der Waals surface area contributed by atoms with Crippen LogP contribution in [0.2, 0.25) is 0 Å². The van der Waals surface area contributed by atoms with Crippen LogP contribution in [0.4, 0.5) is 13.2 Å². The lowest BCUT2D eigenvalue weighted by Crippen LogP contribution is -2.21. The number of carbonyl (C=O) groups excluding carboxylic acids is 1. The number of carboxylic acid groups (broad SMARTS) is 1.